The molecule has 1 aromatic carbocycles. The van der Waals surface area contributed by atoms with Crippen LogP contribution in [-0.4, -0.2) is 35.2 Å². The Morgan fingerprint density at radius 1 is 1.30 bits per heavy atom. The molecule has 0 radical (unpaired) electrons. The second kappa shape index (κ2) is 7.32. The zero-order chi connectivity index (χ0) is 17.0. The first-order valence-corrected chi connectivity index (χ1v) is 7.80. The highest BCUT2D eigenvalue weighted by atomic mass is 79.9. The van der Waals surface area contributed by atoms with Crippen molar-refractivity contribution in [3.63, 3.8) is 0 Å². The summed E-state index contributed by atoms with van der Waals surface area (Å²) in [6.45, 7) is 2.27. The van der Waals surface area contributed by atoms with Crippen LogP contribution >= 0.6 is 15.9 Å². The molecule has 1 amide bonds. The molecule has 0 fully saturated rings. The van der Waals surface area contributed by atoms with Gasteiger partial charge in [0.25, 0.3) is 5.91 Å². The number of carbonyl (C=O) groups is 2. The first kappa shape index (κ1) is 17.1. The van der Waals surface area contributed by atoms with Crippen molar-refractivity contribution >= 4 is 33.5 Å². The van der Waals surface area contributed by atoms with E-state index in [0.717, 1.165) is 4.47 Å². The van der Waals surface area contributed by atoms with Crippen molar-refractivity contribution in [2.75, 3.05) is 18.6 Å². The van der Waals surface area contributed by atoms with Crippen LogP contribution in [0.4, 0.5) is 5.69 Å². The Morgan fingerprint density at radius 2 is 1.96 bits per heavy atom. The lowest BCUT2D eigenvalue weighted by molar-refractivity contribution is -0.139. The van der Waals surface area contributed by atoms with E-state index < -0.39 is 12.6 Å². The Kier molecular flexibility index (Phi) is 5.44. The third-order valence-electron chi connectivity index (χ3n) is 3.31. The van der Waals surface area contributed by atoms with Crippen molar-refractivity contribution in [2.24, 2.45) is 0 Å². The Labute approximate surface area is 142 Å². The number of aliphatic carboxylic acids is 1. The third-order valence-corrected chi connectivity index (χ3v) is 3.75. The number of carboxylic acids is 1. The van der Waals surface area contributed by atoms with E-state index in [1.165, 1.54) is 4.90 Å². The van der Waals surface area contributed by atoms with Crippen LogP contribution in [0.2, 0.25) is 0 Å². The summed E-state index contributed by atoms with van der Waals surface area (Å²) in [5.74, 6) is -0.722. The van der Waals surface area contributed by atoms with Crippen molar-refractivity contribution in [3.8, 4) is 5.75 Å². The number of rotatable bonds is 6. The third kappa shape index (κ3) is 4.13. The summed E-state index contributed by atoms with van der Waals surface area (Å²) in [7, 11) is 1.69. The van der Waals surface area contributed by atoms with Gasteiger partial charge < -0.3 is 19.3 Å². The van der Waals surface area contributed by atoms with E-state index in [1.54, 1.807) is 37.4 Å². The number of benzene rings is 1. The average molecular weight is 381 g/mol. The highest BCUT2D eigenvalue weighted by Crippen LogP contribution is 2.22. The van der Waals surface area contributed by atoms with Gasteiger partial charge in [-0.25, -0.2) is 4.79 Å². The smallest absolute Gasteiger partial charge is 0.341 e. The normalized spacial score (nSPS) is 10.4. The van der Waals surface area contributed by atoms with E-state index in [9.17, 15) is 9.59 Å². The second-order valence-electron chi connectivity index (χ2n) is 4.87. The number of aryl methyl sites for hydroxylation is 1. The molecule has 0 aliphatic rings. The van der Waals surface area contributed by atoms with Crippen LogP contribution in [0, 0.1) is 0 Å². The van der Waals surface area contributed by atoms with E-state index in [-0.39, 0.29) is 5.91 Å². The van der Waals surface area contributed by atoms with Gasteiger partial charge in [-0.05, 0) is 53.2 Å². The van der Waals surface area contributed by atoms with Gasteiger partial charge in [-0.2, -0.15) is 0 Å². The van der Waals surface area contributed by atoms with Gasteiger partial charge in [0.05, 0.1) is 0 Å². The maximum absolute atomic E-state index is 12.6. The highest BCUT2D eigenvalue weighted by Gasteiger charge is 2.18. The summed E-state index contributed by atoms with van der Waals surface area (Å²) in [5.41, 5.74) is 1.28. The van der Waals surface area contributed by atoms with Crippen molar-refractivity contribution in [1.82, 2.24) is 4.57 Å². The number of ether oxygens (including phenoxy) is 1. The molecule has 2 aromatic rings. The van der Waals surface area contributed by atoms with Crippen LogP contribution in [0.1, 0.15) is 17.4 Å². The number of hydrogen-bond donors (Lipinski definition) is 1. The summed E-state index contributed by atoms with van der Waals surface area (Å²) in [4.78, 5) is 24.6. The molecule has 23 heavy (non-hydrogen) atoms. The predicted molar refractivity (Wildman–Crippen MR) is 90.1 cm³/mol. The van der Waals surface area contributed by atoms with Crippen LogP contribution in [0.25, 0.3) is 0 Å². The largest absolute Gasteiger partial charge is 0.482 e. The first-order chi connectivity index (χ1) is 10.9. The number of amides is 1. The van der Waals surface area contributed by atoms with Crippen molar-refractivity contribution < 1.29 is 19.4 Å². The van der Waals surface area contributed by atoms with Crippen LogP contribution < -0.4 is 9.64 Å². The maximum atomic E-state index is 12.6. The van der Waals surface area contributed by atoms with Gasteiger partial charge in [0.15, 0.2) is 6.61 Å². The molecule has 0 saturated carbocycles. The number of anilines is 1. The van der Waals surface area contributed by atoms with Gasteiger partial charge in [0.2, 0.25) is 0 Å². The lowest BCUT2D eigenvalue weighted by atomic mass is 10.2. The zero-order valence-electron chi connectivity index (χ0n) is 12.8. The van der Waals surface area contributed by atoms with Crippen LogP contribution in [0.15, 0.2) is 41.0 Å². The quantitative estimate of drug-likeness (QED) is 0.835. The summed E-state index contributed by atoms with van der Waals surface area (Å²) in [6.07, 6.45) is 1.86. The molecule has 0 atom stereocenters. The van der Waals surface area contributed by atoms with Gasteiger partial charge in [-0.1, -0.05) is 0 Å². The molecular formula is C16H17BrN2O4. The van der Waals surface area contributed by atoms with Gasteiger partial charge >= 0.3 is 5.97 Å². The number of nitrogens with zero attached hydrogens (tertiary/aromatic N) is 2. The topological polar surface area (TPSA) is 71.8 Å². The fraction of sp³-hybridized carbons (Fsp3) is 0.250. The summed E-state index contributed by atoms with van der Waals surface area (Å²) in [6, 6.07) is 8.48. The number of carbonyl (C=O) groups excluding carboxylic acids is 1. The molecule has 0 unspecified atom stereocenters. The Hall–Kier alpha value is -2.28. The number of aromatic nitrogens is 1. The molecule has 0 spiro atoms. The lowest BCUT2D eigenvalue weighted by Gasteiger charge is -2.18. The monoisotopic (exact) mass is 380 g/mol. The molecule has 0 aliphatic carbocycles. The summed E-state index contributed by atoms with van der Waals surface area (Å²) in [5, 5.41) is 8.58. The van der Waals surface area contributed by atoms with Gasteiger partial charge in [-0.15, -0.1) is 0 Å². The summed E-state index contributed by atoms with van der Waals surface area (Å²) < 4.78 is 7.80. The molecule has 2 rings (SSSR count). The molecule has 0 bridgehead atoms. The minimum atomic E-state index is -1.03. The standard InChI is InChI=1S/C16H17BrN2O4/c1-3-19-9-11(17)8-14(19)16(22)18(2)12-4-6-13(7-5-12)23-10-15(20)21/h4-9H,3,10H2,1-2H3,(H,20,21). The minimum Gasteiger partial charge on any atom is -0.482 e. The van der Waals surface area contributed by atoms with Gasteiger partial charge in [-0.3, -0.25) is 4.79 Å². The minimum absolute atomic E-state index is 0.128. The van der Waals surface area contributed by atoms with Crippen LogP contribution in [0.5, 0.6) is 5.75 Å². The molecule has 1 heterocycles. The van der Waals surface area contributed by atoms with Crippen molar-refractivity contribution in [2.45, 2.75) is 13.5 Å². The lowest BCUT2D eigenvalue weighted by Crippen LogP contribution is -2.28. The molecule has 1 aromatic heterocycles. The number of halogens is 1. The number of hydrogen-bond acceptors (Lipinski definition) is 3. The second-order valence-corrected chi connectivity index (χ2v) is 5.79. The summed E-state index contributed by atoms with van der Waals surface area (Å²) >= 11 is 3.38. The fourth-order valence-corrected chi connectivity index (χ4v) is 2.58. The zero-order valence-corrected chi connectivity index (χ0v) is 14.4. The molecule has 0 aliphatic heterocycles. The molecule has 0 saturated heterocycles. The molecule has 7 heteroatoms. The van der Waals surface area contributed by atoms with Crippen molar-refractivity contribution in [3.05, 3.63) is 46.7 Å². The molecule has 122 valence electrons. The van der Waals surface area contributed by atoms with E-state index in [4.69, 9.17) is 9.84 Å². The van der Waals surface area contributed by atoms with Crippen molar-refractivity contribution in [1.29, 1.82) is 0 Å². The molecular weight excluding hydrogens is 364 g/mol. The van der Waals surface area contributed by atoms with E-state index in [2.05, 4.69) is 15.9 Å². The Bertz CT molecular complexity index is 709. The first-order valence-electron chi connectivity index (χ1n) is 7.00. The Balaban J connectivity index is 2.14. The van der Waals surface area contributed by atoms with E-state index in [1.807, 2.05) is 17.7 Å². The predicted octanol–water partition coefficient (Wildman–Crippen LogP) is 3.01. The van der Waals surface area contributed by atoms with Crippen LogP contribution in [-0.2, 0) is 11.3 Å². The SMILES string of the molecule is CCn1cc(Br)cc1C(=O)N(C)c1ccc(OCC(=O)O)cc1. The maximum Gasteiger partial charge on any atom is 0.341 e. The van der Waals surface area contributed by atoms with Crippen LogP contribution in [0.3, 0.4) is 0 Å². The fourth-order valence-electron chi connectivity index (χ4n) is 2.12. The van der Waals surface area contributed by atoms with E-state index in [0.29, 0.717) is 23.7 Å². The number of carboxylic acid groups (broad SMARTS) is 1. The average Bonchev–Trinajstić information content (AvgIpc) is 2.93. The molecule has 1 N–H and O–H groups in total. The van der Waals surface area contributed by atoms with Gasteiger partial charge in [0.1, 0.15) is 11.4 Å². The highest BCUT2D eigenvalue weighted by molar-refractivity contribution is 9.10. The Morgan fingerprint density at radius 3 is 2.52 bits per heavy atom. The molecule has 6 nitrogen and oxygen atoms in total. The van der Waals surface area contributed by atoms with E-state index >= 15 is 0 Å². The van der Waals surface area contributed by atoms with Gasteiger partial charge in [0, 0.05) is 29.9 Å².